The van der Waals surface area contributed by atoms with Gasteiger partial charge >= 0.3 is 0 Å². The first-order chi connectivity index (χ1) is 28.2. The van der Waals surface area contributed by atoms with Gasteiger partial charge in [-0.3, -0.25) is 23.4 Å². The minimum absolute atomic E-state index is 0.0476. The van der Waals surface area contributed by atoms with Gasteiger partial charge in [0.2, 0.25) is 16.5 Å². The molecule has 4 N–H and O–H groups in total. The summed E-state index contributed by atoms with van der Waals surface area (Å²) in [6, 6.07) is 15.3. The molecule has 3 heterocycles. The lowest BCUT2D eigenvalue weighted by molar-refractivity contribution is -0.114. The van der Waals surface area contributed by atoms with Gasteiger partial charge in [0.25, 0.3) is 36.3 Å². The van der Waals surface area contributed by atoms with E-state index in [4.69, 9.17) is 35.4 Å². The molecular weight excluding hydrogens is 902 g/mol. The second kappa shape index (κ2) is 18.2. The Hall–Kier alpha value is -4.58. The van der Waals surface area contributed by atoms with Crippen LogP contribution in [0.2, 0.25) is 10.6 Å². The van der Waals surface area contributed by atoms with Crippen LogP contribution in [-0.2, 0) is 41.6 Å². The summed E-state index contributed by atoms with van der Waals surface area (Å²) in [4.78, 5) is 29.7. The Morgan fingerprint density at radius 1 is 0.767 bits per heavy atom. The lowest BCUT2D eigenvalue weighted by atomic mass is 9.89. The van der Waals surface area contributed by atoms with Crippen molar-refractivity contribution in [3.8, 4) is 0 Å². The summed E-state index contributed by atoms with van der Waals surface area (Å²) in [7, 11) is -13.4. The van der Waals surface area contributed by atoms with Gasteiger partial charge in [-0.25, -0.2) is 0 Å². The molecule has 1 amide bonds. The number of benzene rings is 3. The van der Waals surface area contributed by atoms with Crippen molar-refractivity contribution in [2.45, 2.75) is 48.8 Å². The molecule has 1 saturated heterocycles. The fourth-order valence-corrected chi connectivity index (χ4v) is 9.11. The van der Waals surface area contributed by atoms with Gasteiger partial charge in [0.1, 0.15) is 5.70 Å². The van der Waals surface area contributed by atoms with E-state index < -0.39 is 42.0 Å². The van der Waals surface area contributed by atoms with Gasteiger partial charge in [-0.1, -0.05) is 36.4 Å². The molecule has 60 heavy (non-hydrogen) atoms. The third kappa shape index (κ3) is 10.5. The van der Waals surface area contributed by atoms with Crippen LogP contribution in [0.3, 0.4) is 0 Å². The number of aromatic nitrogens is 3. The maximum absolute atomic E-state index is 14.1. The molecule has 3 aromatic carbocycles. The Balaban J connectivity index is 1.26. The van der Waals surface area contributed by atoms with Crippen LogP contribution in [0, 0.1) is 0 Å². The number of unbranched alkanes of at least 4 members (excludes halogenated alkanes) is 2. The van der Waals surface area contributed by atoms with E-state index in [1.807, 2.05) is 18.2 Å². The molecular formula is C37H37Cl2N7O10S4. The van der Waals surface area contributed by atoms with Crippen molar-refractivity contribution < 1.29 is 43.7 Å². The van der Waals surface area contributed by atoms with E-state index in [0.29, 0.717) is 59.6 Å². The van der Waals surface area contributed by atoms with E-state index in [1.54, 1.807) is 47.1 Å². The van der Waals surface area contributed by atoms with Gasteiger partial charge < -0.3 is 15.1 Å². The van der Waals surface area contributed by atoms with Crippen LogP contribution in [0.1, 0.15) is 49.3 Å². The zero-order chi connectivity index (χ0) is 43.6. The van der Waals surface area contributed by atoms with Crippen LogP contribution in [0.5, 0.6) is 0 Å². The molecule has 0 spiro atoms. The summed E-state index contributed by atoms with van der Waals surface area (Å²) in [5.74, 6) is -0.656. The number of halogens is 2. The standard InChI is InChI=1S/C37H37Cl2N7O10S4/c1-2-44-31-21-25(59(51,52)53)13-15-28(31)27(29-16-14-26(22-32(29)44)60(54,55)56)7-3-4-8-30-33(47)46(37(57)45(30)19-5-6-20-58(48,49)50)24-11-9-23(10-12-24)17-18-40-36-42-34(38)41-35(39)43-36/h7-16,21-22H,2-6,17-20H2,1H3,(H,48,49,50)(H,51,52,53)(H,54,55,56)(H,40,41,42,43). The average molecular weight is 939 g/mol. The summed E-state index contributed by atoms with van der Waals surface area (Å²) < 4.78 is 100. The van der Waals surface area contributed by atoms with Crippen molar-refractivity contribution in [3.05, 3.63) is 106 Å². The van der Waals surface area contributed by atoms with Crippen molar-refractivity contribution in [2.75, 3.05) is 40.5 Å². The predicted molar refractivity (Wildman–Crippen MR) is 231 cm³/mol. The summed E-state index contributed by atoms with van der Waals surface area (Å²) in [5.41, 5.74) is 4.21. The first-order valence-electron chi connectivity index (χ1n) is 18.2. The van der Waals surface area contributed by atoms with Crippen LogP contribution in [0.25, 0.3) is 5.57 Å². The molecule has 0 aliphatic carbocycles. The maximum Gasteiger partial charge on any atom is 0.294 e. The second-order valence-corrected chi connectivity index (χ2v) is 18.9. The minimum atomic E-state index is -4.60. The molecule has 0 bridgehead atoms. The molecule has 2 aliphatic rings. The van der Waals surface area contributed by atoms with Gasteiger partial charge in [-0.05, 0) is 122 Å². The monoisotopic (exact) mass is 937 g/mol. The molecule has 0 radical (unpaired) electrons. The van der Waals surface area contributed by atoms with E-state index in [2.05, 4.69) is 20.3 Å². The number of nitrogens with zero attached hydrogens (tertiary/aromatic N) is 6. The highest BCUT2D eigenvalue weighted by atomic mass is 35.5. The third-order valence-electron chi connectivity index (χ3n) is 9.51. The number of fused-ring (bicyclic) bond motifs is 2. The first kappa shape index (κ1) is 45.0. The number of carbonyl (C=O) groups is 1. The summed E-state index contributed by atoms with van der Waals surface area (Å²) in [6.45, 7) is 2.66. The number of anilines is 4. The number of rotatable bonds is 16. The molecule has 23 heteroatoms. The Morgan fingerprint density at radius 3 is 1.87 bits per heavy atom. The molecule has 17 nitrogen and oxygen atoms in total. The van der Waals surface area contributed by atoms with E-state index >= 15 is 0 Å². The van der Waals surface area contributed by atoms with Crippen molar-refractivity contribution >= 4 is 105 Å². The molecule has 0 atom stereocenters. The highest BCUT2D eigenvalue weighted by Crippen LogP contribution is 2.46. The van der Waals surface area contributed by atoms with Crippen LogP contribution in [0.15, 0.2) is 88.3 Å². The highest BCUT2D eigenvalue weighted by Gasteiger charge is 2.38. The van der Waals surface area contributed by atoms with Crippen LogP contribution >= 0.6 is 35.4 Å². The number of amides is 1. The molecule has 1 aromatic heterocycles. The van der Waals surface area contributed by atoms with Crippen LogP contribution < -0.4 is 15.1 Å². The Morgan fingerprint density at radius 2 is 1.33 bits per heavy atom. The molecule has 0 unspecified atom stereocenters. The average Bonchev–Trinajstić information content (AvgIpc) is 3.40. The molecule has 1 fully saturated rings. The molecule has 318 valence electrons. The maximum atomic E-state index is 14.1. The summed E-state index contributed by atoms with van der Waals surface area (Å²) in [5, 5.41) is 3.11. The largest absolute Gasteiger partial charge is 0.354 e. The second-order valence-electron chi connectivity index (χ2n) is 13.4. The summed E-state index contributed by atoms with van der Waals surface area (Å²) >= 11 is 17.5. The normalized spacial score (nSPS) is 15.1. The Labute approximate surface area is 362 Å². The number of carbonyl (C=O) groups excluding carboxylic acids is 1. The number of hydrogen-bond acceptors (Lipinski definition) is 13. The number of nitrogens with one attached hydrogen (secondary N) is 1. The van der Waals surface area contributed by atoms with E-state index in [1.165, 1.54) is 29.2 Å². The minimum Gasteiger partial charge on any atom is -0.354 e. The fraction of sp³-hybridized carbons (Fsp3) is 0.270. The van der Waals surface area contributed by atoms with Gasteiger partial charge in [-0.15, -0.1) is 0 Å². The molecule has 0 saturated carbocycles. The fourth-order valence-electron chi connectivity index (χ4n) is 6.80. The zero-order valence-electron chi connectivity index (χ0n) is 31.6. The van der Waals surface area contributed by atoms with Gasteiger partial charge in [0, 0.05) is 30.8 Å². The Kier molecular flexibility index (Phi) is 13.6. The van der Waals surface area contributed by atoms with E-state index in [9.17, 15) is 43.7 Å². The Bertz CT molecular complexity index is 2650. The quantitative estimate of drug-likeness (QED) is 0.0423. The molecule has 2 aliphatic heterocycles. The van der Waals surface area contributed by atoms with Crippen molar-refractivity contribution in [3.63, 3.8) is 0 Å². The number of thiocarbonyl (C=S) groups is 1. The lowest BCUT2D eigenvalue weighted by Gasteiger charge is -2.34. The van der Waals surface area contributed by atoms with Crippen molar-refractivity contribution in [1.29, 1.82) is 0 Å². The highest BCUT2D eigenvalue weighted by molar-refractivity contribution is 7.86. The van der Waals surface area contributed by atoms with Gasteiger partial charge in [-0.2, -0.15) is 40.2 Å². The zero-order valence-corrected chi connectivity index (χ0v) is 36.3. The third-order valence-corrected chi connectivity index (χ3v) is 12.8. The molecule has 4 aromatic rings. The van der Waals surface area contributed by atoms with Crippen molar-refractivity contribution in [2.24, 2.45) is 0 Å². The molecule has 6 rings (SSSR count). The van der Waals surface area contributed by atoms with Crippen LogP contribution in [-0.4, -0.2) is 95.2 Å². The van der Waals surface area contributed by atoms with Crippen molar-refractivity contribution in [1.82, 2.24) is 19.9 Å². The number of allylic oxidation sites excluding steroid dienone is 2. The van der Waals surface area contributed by atoms with Gasteiger partial charge in [0.05, 0.1) is 32.6 Å². The smallest absolute Gasteiger partial charge is 0.294 e. The van der Waals surface area contributed by atoms with Gasteiger partial charge in [0.15, 0.2) is 5.11 Å². The SMILES string of the molecule is CCN1c2cc(S(=O)(=O)O)ccc2C(=CCCC=C2C(=O)N(c3ccc(CCNc4nc(Cl)nc(Cl)n4)cc3)C(=S)N2CCCCS(=O)(=O)O)c2ccc(S(=O)(=O)O)cc21. The predicted octanol–water partition coefficient (Wildman–Crippen LogP) is 6.20. The topological polar surface area (TPSA) is 241 Å². The lowest BCUT2D eigenvalue weighted by Crippen LogP contribution is -2.33. The van der Waals surface area contributed by atoms with Crippen LogP contribution in [0.4, 0.5) is 23.0 Å². The first-order valence-corrected chi connectivity index (χ1v) is 23.8. The van der Waals surface area contributed by atoms with E-state index in [0.717, 1.165) is 5.56 Å². The number of hydrogen-bond donors (Lipinski definition) is 4. The summed E-state index contributed by atoms with van der Waals surface area (Å²) in [6.07, 6.45) is 5.13. The van der Waals surface area contributed by atoms with E-state index in [-0.39, 0.29) is 63.0 Å².